The van der Waals surface area contributed by atoms with E-state index >= 15 is 0 Å². The van der Waals surface area contributed by atoms with E-state index in [0.717, 1.165) is 0 Å². The predicted molar refractivity (Wildman–Crippen MR) is 351 cm³/mol. The Hall–Kier alpha value is -8.19. The van der Waals surface area contributed by atoms with Crippen LogP contribution in [0.3, 0.4) is 0 Å². The smallest absolute Gasteiger partial charge is 0.326 e. The SMILES string of the molecule is CC(C)C[C@H](NC(=O)[C@H](CC(C)C)NC(=O)[C@@H]1CCCN1C(=O)[C@H](CC(C)C)NC(=O)[C@H](C)NC(=O)[C@H](CC(C)C)NC(=O)[C@@H]1CCCN1C(=O)CNC(=O)[C@@H](N)CC(C)C)C(=O)N[C@@H](C)C(=O)N[C@@H](CC(=O)O)C(=O)N[C@H](C(=O)N[C@@H](CCCN=C(N)N)C(=O)O)C(C)C. The van der Waals surface area contributed by atoms with Crippen molar-refractivity contribution in [1.29, 1.82) is 0 Å². The molecule has 12 atom stereocenters. The Balaban J connectivity index is 2.24. The summed E-state index contributed by atoms with van der Waals surface area (Å²) < 4.78 is 0. The summed E-state index contributed by atoms with van der Waals surface area (Å²) in [4.78, 5) is 196. The molecule has 0 bridgehead atoms. The van der Waals surface area contributed by atoms with E-state index in [9.17, 15) is 77.3 Å². The minimum absolute atomic E-state index is 0.0310. The van der Waals surface area contributed by atoms with Gasteiger partial charge >= 0.3 is 11.9 Å². The first-order chi connectivity index (χ1) is 44.2. The Morgan fingerprint density at radius 1 is 0.463 bits per heavy atom. The number of aliphatic carboxylic acids is 2. The number of aliphatic imine (C=N–C) groups is 1. The van der Waals surface area contributed by atoms with Crippen LogP contribution >= 0.6 is 0 Å². The van der Waals surface area contributed by atoms with Gasteiger partial charge in [0.25, 0.3) is 0 Å². The fourth-order valence-corrected chi connectivity index (χ4v) is 11.0. The number of rotatable bonds is 40. The molecule has 18 N–H and O–H groups in total. The van der Waals surface area contributed by atoms with Crippen LogP contribution in [0.5, 0.6) is 0 Å². The summed E-state index contributed by atoms with van der Waals surface area (Å²) >= 11 is 0. The third kappa shape index (κ3) is 29.1. The third-order valence-corrected chi connectivity index (χ3v) is 15.9. The Labute approximate surface area is 557 Å². The van der Waals surface area contributed by atoms with Gasteiger partial charge in [0.05, 0.1) is 19.0 Å². The summed E-state index contributed by atoms with van der Waals surface area (Å²) in [6.45, 7) is 24.2. The zero-order chi connectivity index (χ0) is 72.3. The number of hydrogen-bond donors (Lipinski definition) is 15. The van der Waals surface area contributed by atoms with Crippen molar-refractivity contribution in [2.24, 2.45) is 57.7 Å². The minimum Gasteiger partial charge on any atom is -0.481 e. The number of nitrogens with one attached hydrogen (secondary N) is 10. The number of guanidine groups is 1. The molecule has 2 rings (SSSR count). The van der Waals surface area contributed by atoms with Gasteiger partial charge in [-0.15, -0.1) is 0 Å². The molecular weight excluding hydrogens is 1240 g/mol. The van der Waals surface area contributed by atoms with Crippen LogP contribution in [0.25, 0.3) is 0 Å². The van der Waals surface area contributed by atoms with Gasteiger partial charge in [0, 0.05) is 19.6 Å². The number of nitrogens with zero attached hydrogens (tertiary/aromatic N) is 3. The van der Waals surface area contributed by atoms with Gasteiger partial charge in [-0.1, -0.05) is 83.1 Å². The predicted octanol–water partition coefficient (Wildman–Crippen LogP) is -1.69. The molecule has 32 nitrogen and oxygen atoms in total. The summed E-state index contributed by atoms with van der Waals surface area (Å²) in [5.74, 6) is -13.2. The number of hydrogen-bond acceptors (Lipinski definition) is 16. The van der Waals surface area contributed by atoms with Crippen molar-refractivity contribution in [1.82, 2.24) is 63.0 Å². The number of carbonyl (C=O) groups is 14. The van der Waals surface area contributed by atoms with Gasteiger partial charge in [0.1, 0.15) is 66.5 Å². The normalized spacial score (nSPS) is 17.8. The first-order valence-electron chi connectivity index (χ1n) is 33.1. The Morgan fingerprint density at radius 2 is 0.863 bits per heavy atom. The van der Waals surface area contributed by atoms with Gasteiger partial charge in [-0.3, -0.25) is 67.3 Å². The summed E-state index contributed by atoms with van der Waals surface area (Å²) in [7, 11) is 0. The highest BCUT2D eigenvalue weighted by atomic mass is 16.4. The van der Waals surface area contributed by atoms with E-state index < -0.39 is 168 Å². The number of carbonyl (C=O) groups excluding carboxylic acids is 12. The summed E-state index contributed by atoms with van der Waals surface area (Å²) in [6, 6.07) is -15.0. The number of amides is 12. The molecule has 95 heavy (non-hydrogen) atoms. The lowest BCUT2D eigenvalue weighted by Gasteiger charge is -2.32. The molecule has 0 unspecified atom stereocenters. The van der Waals surface area contributed by atoms with E-state index in [1.165, 1.54) is 37.5 Å². The van der Waals surface area contributed by atoms with Crippen LogP contribution in [0, 0.1) is 35.5 Å². The summed E-state index contributed by atoms with van der Waals surface area (Å²) in [6.07, 6.45) is 1.34. The largest absolute Gasteiger partial charge is 0.481 e. The third-order valence-electron chi connectivity index (χ3n) is 15.9. The monoisotopic (exact) mass is 1350 g/mol. The van der Waals surface area contributed by atoms with Crippen molar-refractivity contribution < 1.29 is 77.3 Å². The number of nitrogens with two attached hydrogens (primary N) is 3. The van der Waals surface area contributed by atoms with Crippen LogP contribution in [0.15, 0.2) is 4.99 Å². The molecule has 2 fully saturated rings. The number of carboxylic acid groups (broad SMARTS) is 2. The molecule has 0 radical (unpaired) electrons. The van der Waals surface area contributed by atoms with Gasteiger partial charge in [0.15, 0.2) is 5.96 Å². The number of carboxylic acids is 2. The van der Waals surface area contributed by atoms with Crippen molar-refractivity contribution in [3.05, 3.63) is 0 Å². The minimum atomic E-state index is -1.80. The second-order valence-corrected chi connectivity index (χ2v) is 27.3. The first kappa shape index (κ1) is 82.9. The highest BCUT2D eigenvalue weighted by Crippen LogP contribution is 2.23. The summed E-state index contributed by atoms with van der Waals surface area (Å²) in [5.41, 5.74) is 16.6. The molecule has 2 aliphatic rings. The van der Waals surface area contributed by atoms with Gasteiger partial charge in [-0.05, 0) is 120 Å². The van der Waals surface area contributed by atoms with Crippen molar-refractivity contribution in [3.63, 3.8) is 0 Å². The van der Waals surface area contributed by atoms with Crippen LogP contribution in [0.4, 0.5) is 0 Å². The van der Waals surface area contributed by atoms with E-state index in [4.69, 9.17) is 17.2 Å². The molecule has 32 heteroatoms. The fraction of sp³-hybridized carbons (Fsp3) is 0.762. The van der Waals surface area contributed by atoms with Crippen molar-refractivity contribution in [2.45, 2.75) is 246 Å². The Bertz CT molecular complexity index is 2700. The van der Waals surface area contributed by atoms with Gasteiger partial charge in [-0.25, -0.2) is 4.79 Å². The van der Waals surface area contributed by atoms with Gasteiger partial charge in [-0.2, -0.15) is 0 Å². The van der Waals surface area contributed by atoms with Crippen molar-refractivity contribution in [3.8, 4) is 0 Å². The van der Waals surface area contributed by atoms with Crippen molar-refractivity contribution >= 4 is 88.8 Å². The average Bonchev–Trinajstić information content (AvgIpc) is 1.79. The van der Waals surface area contributed by atoms with E-state index in [1.54, 1.807) is 27.7 Å². The molecular formula is C63H110N16O16. The highest BCUT2D eigenvalue weighted by Gasteiger charge is 2.42. The standard InChI is InChI=1S/C63H110N16O16/c1-31(2)24-39(64)53(85)68-30-48(80)78-22-16-19-46(78)58(90)74-42(26-33(5)6)55(87)70-38(14)52(84)76-45(28-35(9)10)61(93)79-23-17-20-47(79)59(91)75-43(27-34(7)8)56(88)73-41(25-32(3)4)54(86)69-37(13)51(83)72-44(29-49(81)82)57(89)77-50(36(11)12)60(92)71-40(62(94)95)18-15-21-67-63(65)66/h31-47,50H,15-30,64H2,1-14H3,(H,68,85)(H,69,86)(H,70,87)(H,71,92)(H,72,83)(H,73,88)(H,74,90)(H,75,91)(H,76,84)(H,77,89)(H,81,82)(H,94,95)(H4,65,66,67)/t37-,38-,39-,40-,41-,42-,43-,44-,45-,46-,47-,50-/m0/s1. The zero-order valence-electron chi connectivity index (χ0n) is 57.9. The molecule has 0 aromatic rings. The first-order valence-corrected chi connectivity index (χ1v) is 33.1. The van der Waals surface area contributed by atoms with Crippen LogP contribution in [-0.4, -0.2) is 207 Å². The van der Waals surface area contributed by atoms with E-state index in [0.29, 0.717) is 25.7 Å². The molecule has 538 valence electrons. The van der Waals surface area contributed by atoms with Crippen LogP contribution < -0.4 is 70.4 Å². The van der Waals surface area contributed by atoms with Gasteiger partial charge in [0.2, 0.25) is 70.9 Å². The second-order valence-electron chi connectivity index (χ2n) is 27.3. The van der Waals surface area contributed by atoms with Crippen molar-refractivity contribution in [2.75, 3.05) is 26.2 Å². The number of likely N-dealkylation sites (tertiary alicyclic amines) is 2. The molecule has 2 saturated heterocycles. The molecule has 2 heterocycles. The molecule has 0 saturated carbocycles. The van der Waals surface area contributed by atoms with E-state index in [2.05, 4.69) is 58.2 Å². The average molecular weight is 1350 g/mol. The fourth-order valence-electron chi connectivity index (χ4n) is 11.0. The maximum atomic E-state index is 14.6. The zero-order valence-corrected chi connectivity index (χ0v) is 57.9. The summed E-state index contributed by atoms with van der Waals surface area (Å²) in [5, 5.41) is 45.3. The van der Waals surface area contributed by atoms with E-state index in [1.807, 2.05) is 41.5 Å². The Morgan fingerprint density at radius 3 is 1.31 bits per heavy atom. The lowest BCUT2D eigenvalue weighted by Crippen LogP contribution is -2.60. The molecule has 2 aliphatic heterocycles. The van der Waals surface area contributed by atoms with E-state index in [-0.39, 0.29) is 107 Å². The lowest BCUT2D eigenvalue weighted by atomic mass is 9.99. The van der Waals surface area contributed by atoms with Crippen LogP contribution in [0.2, 0.25) is 0 Å². The quantitative estimate of drug-likeness (QED) is 0.0185. The van der Waals surface area contributed by atoms with Gasteiger partial charge < -0.3 is 90.4 Å². The second kappa shape index (κ2) is 40.3. The lowest BCUT2D eigenvalue weighted by molar-refractivity contribution is -0.143. The van der Waals surface area contributed by atoms with Crippen LogP contribution in [0.1, 0.15) is 174 Å². The highest BCUT2D eigenvalue weighted by molar-refractivity contribution is 6.00. The maximum Gasteiger partial charge on any atom is 0.326 e. The molecule has 0 spiro atoms. The topological polar surface area (TPSA) is 497 Å². The molecule has 12 amide bonds. The molecule has 0 aromatic carbocycles. The maximum absolute atomic E-state index is 14.6. The molecule has 0 aromatic heterocycles. The molecule has 0 aliphatic carbocycles. The Kier molecular flexibility index (Phi) is 35.1. The van der Waals surface area contributed by atoms with Crippen LogP contribution in [-0.2, 0) is 67.1 Å².